The van der Waals surface area contributed by atoms with Gasteiger partial charge in [-0.15, -0.1) is 20.5 Å². The van der Waals surface area contributed by atoms with E-state index in [0.29, 0.717) is 74.1 Å². The van der Waals surface area contributed by atoms with E-state index < -0.39 is 57.9 Å². The van der Waals surface area contributed by atoms with Gasteiger partial charge in [0, 0.05) is 39.8 Å². The summed E-state index contributed by atoms with van der Waals surface area (Å²) in [5, 5.41) is 37.7. The van der Waals surface area contributed by atoms with Crippen molar-refractivity contribution in [2.45, 2.75) is 90.6 Å². The van der Waals surface area contributed by atoms with E-state index in [1.54, 1.807) is 61.6 Å². The molecular weight excluding hydrogens is 789 g/mol. The molecule has 2 saturated carbocycles. The molecule has 320 valence electrons. The lowest BCUT2D eigenvalue weighted by molar-refractivity contribution is -0.260. The molecule has 2 aromatic heterocycles. The van der Waals surface area contributed by atoms with Crippen molar-refractivity contribution >= 4 is 23.3 Å². The number of hydrogen-bond acceptors (Lipinski definition) is 14. The number of aliphatic hydroxyl groups is 2. The number of aliphatic hydroxyl groups excluding tert-OH is 2. The molecule has 61 heavy (non-hydrogen) atoms. The van der Waals surface area contributed by atoms with E-state index >= 15 is 0 Å². The molecule has 2 aliphatic heterocycles. The number of rotatable bonds is 8. The number of carbonyl (C=O) groups excluding carboxylic acids is 2. The fourth-order valence-corrected chi connectivity index (χ4v) is 9.15. The van der Waals surface area contributed by atoms with Crippen LogP contribution in [0, 0.1) is 31.1 Å². The Morgan fingerprint density at radius 3 is 1.25 bits per heavy atom. The summed E-state index contributed by atoms with van der Waals surface area (Å²) in [6, 6.07) is 18.0. The molecular formula is C43H48N8O10. The Morgan fingerprint density at radius 2 is 0.918 bits per heavy atom. The maximum Gasteiger partial charge on any atom is 0.369 e. The first-order chi connectivity index (χ1) is 29.0. The highest BCUT2D eigenvalue weighted by molar-refractivity contribution is 5.89. The third-order valence-electron chi connectivity index (χ3n) is 13.1. The van der Waals surface area contributed by atoms with Crippen LogP contribution in [-0.2, 0) is 42.6 Å². The molecule has 0 unspecified atom stereocenters. The van der Waals surface area contributed by atoms with Crippen molar-refractivity contribution in [3.05, 3.63) is 116 Å². The number of azo groups is 2. The molecule has 0 saturated heterocycles. The molecule has 4 aliphatic rings. The lowest BCUT2D eigenvalue weighted by Crippen LogP contribution is -2.49. The van der Waals surface area contributed by atoms with Gasteiger partial charge in [0.2, 0.25) is 0 Å². The van der Waals surface area contributed by atoms with Crippen LogP contribution in [0.5, 0.6) is 0 Å². The topological polar surface area (TPSA) is 215 Å². The van der Waals surface area contributed by atoms with E-state index in [2.05, 4.69) is 34.3 Å². The molecule has 4 heterocycles. The van der Waals surface area contributed by atoms with Gasteiger partial charge in [0.1, 0.15) is 0 Å². The average Bonchev–Trinajstić information content (AvgIpc) is 3.58. The van der Waals surface area contributed by atoms with Gasteiger partial charge < -0.3 is 29.2 Å². The number of hydrogen-bond donors (Lipinski definition) is 2. The van der Waals surface area contributed by atoms with Gasteiger partial charge in [-0.1, -0.05) is 50.2 Å². The minimum Gasteiger partial charge on any atom is -0.479 e. The average molecular weight is 837 g/mol. The molecule has 18 heteroatoms. The quantitative estimate of drug-likeness (QED) is 0.131. The van der Waals surface area contributed by atoms with Crippen molar-refractivity contribution in [1.82, 2.24) is 18.7 Å². The Balaban J connectivity index is 0.888. The number of esters is 2. The number of benzene rings is 2. The molecule has 2 aromatic carbocycles. The van der Waals surface area contributed by atoms with Crippen molar-refractivity contribution in [3.8, 4) is 11.4 Å². The van der Waals surface area contributed by atoms with Crippen LogP contribution < -0.4 is 11.1 Å². The molecule has 2 spiro atoms. The predicted octanol–water partition coefficient (Wildman–Crippen LogP) is 7.55. The largest absolute Gasteiger partial charge is 0.479 e. The van der Waals surface area contributed by atoms with Crippen LogP contribution in [0.4, 0.5) is 11.4 Å². The van der Waals surface area contributed by atoms with Crippen molar-refractivity contribution in [3.63, 3.8) is 0 Å². The summed E-state index contributed by atoms with van der Waals surface area (Å²) in [7, 11) is 3.42. The van der Waals surface area contributed by atoms with E-state index in [1.165, 1.54) is 9.36 Å². The van der Waals surface area contributed by atoms with Crippen LogP contribution in [0.15, 0.2) is 114 Å². The molecule has 8 rings (SSSR count). The Kier molecular flexibility index (Phi) is 10.4. The summed E-state index contributed by atoms with van der Waals surface area (Å²) in [6.45, 7) is 7.79. The second kappa shape index (κ2) is 15.4. The van der Waals surface area contributed by atoms with Gasteiger partial charge >= 0.3 is 23.8 Å². The number of nitrogens with zero attached hydrogens (tertiary/aromatic N) is 8. The summed E-state index contributed by atoms with van der Waals surface area (Å²) in [5.74, 6) is -5.56. The maximum absolute atomic E-state index is 13.3. The first kappa shape index (κ1) is 41.0. The first-order valence-electron chi connectivity index (χ1n) is 20.3. The Bertz CT molecular complexity index is 2450. The second-order valence-corrected chi connectivity index (χ2v) is 16.7. The van der Waals surface area contributed by atoms with Crippen LogP contribution in [0.25, 0.3) is 11.4 Å². The third-order valence-corrected chi connectivity index (χ3v) is 13.1. The SMILES string of the molecule is Cc1c(/N=N/C2=C(O)OC3(CCC(C(C)(C)C4CCC5(CC4)OC(=O)C(/N=N/c4c(C)n(C)n(-c6ccccc6)c4=O)=C(O)O5)CC3)OC2=O)c(=O)n(-c2ccccc2)n1C. The van der Waals surface area contributed by atoms with Gasteiger partial charge in [-0.3, -0.25) is 19.0 Å². The third kappa shape index (κ3) is 7.22. The summed E-state index contributed by atoms with van der Waals surface area (Å²) in [4.78, 5) is 53.0. The maximum atomic E-state index is 13.3. The van der Waals surface area contributed by atoms with Crippen LogP contribution in [0.2, 0.25) is 0 Å². The number of aromatic nitrogens is 4. The molecule has 2 aliphatic carbocycles. The molecule has 2 N–H and O–H groups in total. The second-order valence-electron chi connectivity index (χ2n) is 16.7. The minimum atomic E-state index is -1.37. The predicted molar refractivity (Wildman–Crippen MR) is 217 cm³/mol. The first-order valence-corrected chi connectivity index (χ1v) is 20.3. The Morgan fingerprint density at radius 1 is 0.574 bits per heavy atom. The summed E-state index contributed by atoms with van der Waals surface area (Å²) in [5.41, 5.74) is 0.106. The van der Waals surface area contributed by atoms with Gasteiger partial charge in [-0.2, -0.15) is 0 Å². The van der Waals surface area contributed by atoms with Crippen molar-refractivity contribution in [2.75, 3.05) is 0 Å². The van der Waals surface area contributed by atoms with Crippen molar-refractivity contribution < 1.29 is 38.7 Å². The molecule has 2 fully saturated rings. The molecule has 0 radical (unpaired) electrons. The van der Waals surface area contributed by atoms with Gasteiger partial charge in [0.15, 0.2) is 11.4 Å². The fourth-order valence-electron chi connectivity index (χ4n) is 9.15. The van der Waals surface area contributed by atoms with Gasteiger partial charge in [-0.05, 0) is 81.0 Å². The van der Waals surface area contributed by atoms with Crippen LogP contribution in [0.3, 0.4) is 0 Å². The monoisotopic (exact) mass is 836 g/mol. The van der Waals surface area contributed by atoms with E-state index in [0.717, 1.165) is 0 Å². The van der Waals surface area contributed by atoms with E-state index in [1.807, 2.05) is 36.4 Å². The Hall–Kier alpha value is -6.72. The number of para-hydroxylation sites is 2. The summed E-state index contributed by atoms with van der Waals surface area (Å²) in [6.07, 6.45) is 3.86. The normalized spacial score (nSPS) is 24.8. The van der Waals surface area contributed by atoms with Crippen molar-refractivity contribution in [1.29, 1.82) is 0 Å². The molecule has 0 atom stereocenters. The lowest BCUT2D eigenvalue weighted by atomic mass is 9.60. The molecule has 4 aromatic rings. The van der Waals surface area contributed by atoms with E-state index in [4.69, 9.17) is 18.9 Å². The number of carbonyl (C=O) groups is 2. The number of ether oxygens (including phenoxy) is 4. The van der Waals surface area contributed by atoms with Crippen LogP contribution in [-0.4, -0.2) is 52.5 Å². The smallest absolute Gasteiger partial charge is 0.369 e. The van der Waals surface area contributed by atoms with Crippen molar-refractivity contribution in [2.24, 2.45) is 51.8 Å². The molecule has 0 bridgehead atoms. The molecule has 0 amide bonds. The zero-order valence-corrected chi connectivity index (χ0v) is 34.8. The minimum absolute atomic E-state index is 0.000142. The zero-order valence-electron chi connectivity index (χ0n) is 34.8. The van der Waals surface area contributed by atoms with Gasteiger partial charge in [-0.25, -0.2) is 19.0 Å². The van der Waals surface area contributed by atoms with Crippen LogP contribution >= 0.6 is 0 Å². The summed E-state index contributed by atoms with van der Waals surface area (Å²) >= 11 is 0. The van der Waals surface area contributed by atoms with Gasteiger partial charge in [0.05, 0.1) is 22.8 Å². The summed E-state index contributed by atoms with van der Waals surface area (Å²) < 4.78 is 29.4. The van der Waals surface area contributed by atoms with Gasteiger partial charge in [0.25, 0.3) is 34.1 Å². The molecule has 18 nitrogen and oxygen atoms in total. The lowest BCUT2D eigenvalue weighted by Gasteiger charge is -2.50. The highest BCUT2D eigenvalue weighted by atomic mass is 16.8. The zero-order chi connectivity index (χ0) is 43.4. The highest BCUT2D eigenvalue weighted by Crippen LogP contribution is 2.53. The standard InChI is InChI=1S/C43H48N8O10/c1-25-31(35(52)50(48(25)5)29-13-9-7-10-14-29)44-46-33-37(54)58-42(59-38(33)55)21-17-27(18-22-42)41(3,4)28-19-23-43(24-20-28)60-39(56)34(40(57)61-43)47-45-32-26(2)49(6)51(36(32)53)30-15-11-8-12-16-30/h7-16,27-28,54,56H,17-24H2,1-6H3/b46-44+,47-45+. The fraction of sp³-hybridized carbons (Fsp3) is 0.442. The van der Waals surface area contributed by atoms with E-state index in [-0.39, 0.29) is 28.6 Å². The van der Waals surface area contributed by atoms with Crippen LogP contribution in [0.1, 0.15) is 76.6 Å². The van der Waals surface area contributed by atoms with E-state index in [9.17, 15) is 29.4 Å². The Labute approximate surface area is 350 Å². The highest BCUT2D eigenvalue weighted by Gasteiger charge is 2.53.